The summed E-state index contributed by atoms with van der Waals surface area (Å²) < 4.78 is 0. The Morgan fingerprint density at radius 1 is 1.04 bits per heavy atom. The van der Waals surface area contributed by atoms with Gasteiger partial charge in [0.25, 0.3) is 5.91 Å². The summed E-state index contributed by atoms with van der Waals surface area (Å²) in [6.07, 6.45) is 5.11. The minimum atomic E-state index is -0.105. The molecule has 0 saturated carbocycles. The molecule has 1 aromatic heterocycles. The summed E-state index contributed by atoms with van der Waals surface area (Å²) in [5.74, 6) is 0.516. The number of nitrogens with zero attached hydrogens (tertiary/aromatic N) is 3. The molecule has 5 nitrogen and oxygen atoms in total. The van der Waals surface area contributed by atoms with E-state index in [4.69, 9.17) is 0 Å². The van der Waals surface area contributed by atoms with Crippen LogP contribution in [0.3, 0.4) is 0 Å². The fraction of sp³-hybridized carbons (Fsp3) is 0.190. The third-order valence-corrected chi connectivity index (χ3v) is 4.63. The molecule has 26 heavy (non-hydrogen) atoms. The van der Waals surface area contributed by atoms with Crippen molar-refractivity contribution < 1.29 is 4.79 Å². The van der Waals surface area contributed by atoms with Crippen LogP contribution in [0.4, 0.5) is 17.2 Å². The maximum Gasteiger partial charge on any atom is 0.278 e. The van der Waals surface area contributed by atoms with Crippen LogP contribution < -0.4 is 10.2 Å². The average molecular weight is 344 g/mol. The van der Waals surface area contributed by atoms with Crippen molar-refractivity contribution in [2.75, 3.05) is 16.8 Å². The molecule has 130 valence electrons. The molecule has 0 spiro atoms. The molecule has 0 bridgehead atoms. The van der Waals surface area contributed by atoms with Gasteiger partial charge in [0.05, 0.1) is 12.4 Å². The van der Waals surface area contributed by atoms with E-state index in [-0.39, 0.29) is 5.91 Å². The number of carbonyl (C=O) groups excluding carboxylic acids is 1. The van der Waals surface area contributed by atoms with E-state index in [1.54, 1.807) is 17.3 Å². The first-order valence-corrected chi connectivity index (χ1v) is 8.77. The highest BCUT2D eigenvalue weighted by Crippen LogP contribution is 2.27. The fourth-order valence-corrected chi connectivity index (χ4v) is 3.24. The first-order chi connectivity index (χ1) is 12.7. The summed E-state index contributed by atoms with van der Waals surface area (Å²) >= 11 is 0. The van der Waals surface area contributed by atoms with Gasteiger partial charge in [-0.1, -0.05) is 36.4 Å². The van der Waals surface area contributed by atoms with E-state index in [0.717, 1.165) is 29.8 Å². The highest BCUT2D eigenvalue weighted by atomic mass is 16.2. The number of nitrogens with one attached hydrogen (secondary N) is 1. The van der Waals surface area contributed by atoms with Crippen LogP contribution >= 0.6 is 0 Å². The van der Waals surface area contributed by atoms with Crippen molar-refractivity contribution in [1.82, 2.24) is 9.97 Å². The maximum atomic E-state index is 12.9. The first kappa shape index (κ1) is 16.3. The van der Waals surface area contributed by atoms with Gasteiger partial charge in [-0.2, -0.15) is 0 Å². The largest absolute Gasteiger partial charge is 0.339 e. The topological polar surface area (TPSA) is 58.1 Å². The van der Waals surface area contributed by atoms with Gasteiger partial charge < -0.3 is 10.2 Å². The zero-order chi connectivity index (χ0) is 17.9. The van der Waals surface area contributed by atoms with Crippen molar-refractivity contribution in [1.29, 1.82) is 0 Å². The van der Waals surface area contributed by atoms with Gasteiger partial charge >= 0.3 is 0 Å². The van der Waals surface area contributed by atoms with Crippen LogP contribution in [0.2, 0.25) is 0 Å². The Kier molecular flexibility index (Phi) is 4.35. The van der Waals surface area contributed by atoms with Crippen LogP contribution in [-0.2, 0) is 6.42 Å². The zero-order valence-corrected chi connectivity index (χ0v) is 14.6. The molecule has 3 aromatic rings. The molecule has 5 heteroatoms. The predicted octanol–water partition coefficient (Wildman–Crippen LogP) is 4.12. The smallest absolute Gasteiger partial charge is 0.278 e. The third-order valence-electron chi connectivity index (χ3n) is 4.63. The molecule has 1 aliphatic heterocycles. The Bertz CT molecular complexity index is 937. The number of benzene rings is 2. The summed E-state index contributed by atoms with van der Waals surface area (Å²) in [6.45, 7) is 2.74. The van der Waals surface area contributed by atoms with E-state index in [9.17, 15) is 4.79 Å². The normalized spacial score (nSPS) is 13.2. The Morgan fingerprint density at radius 2 is 1.85 bits per heavy atom. The Labute approximate surface area is 152 Å². The zero-order valence-electron chi connectivity index (χ0n) is 14.6. The number of hydrogen-bond donors (Lipinski definition) is 1. The second-order valence-electron chi connectivity index (χ2n) is 6.42. The highest BCUT2D eigenvalue weighted by molar-refractivity contribution is 6.05. The van der Waals surface area contributed by atoms with Crippen molar-refractivity contribution in [3.8, 4) is 0 Å². The number of carbonyl (C=O) groups is 1. The second-order valence-corrected chi connectivity index (χ2v) is 6.42. The molecule has 1 amide bonds. The van der Waals surface area contributed by atoms with E-state index < -0.39 is 0 Å². The molecule has 1 N–H and O–H groups in total. The number of para-hydroxylation sites is 2. The number of fused-ring (bicyclic) bond motifs is 1. The number of hydrogen-bond acceptors (Lipinski definition) is 4. The Hall–Kier alpha value is -3.21. The lowest BCUT2D eigenvalue weighted by molar-refractivity contribution is 0.0980. The van der Waals surface area contributed by atoms with E-state index in [2.05, 4.69) is 21.4 Å². The van der Waals surface area contributed by atoms with Gasteiger partial charge in [-0.3, -0.25) is 4.79 Å². The molecule has 1 aliphatic rings. The average Bonchev–Trinajstić information content (AvgIpc) is 2.69. The van der Waals surface area contributed by atoms with Gasteiger partial charge in [-0.15, -0.1) is 0 Å². The number of aryl methyl sites for hydroxylation is 2. The lowest BCUT2D eigenvalue weighted by atomic mass is 10.0. The van der Waals surface area contributed by atoms with Crippen molar-refractivity contribution in [3.63, 3.8) is 0 Å². The van der Waals surface area contributed by atoms with Crippen LogP contribution in [0.15, 0.2) is 60.9 Å². The molecule has 2 heterocycles. The van der Waals surface area contributed by atoms with Crippen molar-refractivity contribution in [2.45, 2.75) is 19.8 Å². The predicted molar refractivity (Wildman–Crippen MR) is 103 cm³/mol. The summed E-state index contributed by atoms with van der Waals surface area (Å²) in [4.78, 5) is 23.4. The fourth-order valence-electron chi connectivity index (χ4n) is 3.24. The highest BCUT2D eigenvalue weighted by Gasteiger charge is 2.24. The molecule has 0 aliphatic carbocycles. The lowest BCUT2D eigenvalue weighted by Crippen LogP contribution is -2.36. The standard InChI is InChI=1S/C21H20N4O/c1-15-7-2-4-10-17(15)24-20-14-22-18(13-23-20)21(26)25-12-6-9-16-8-3-5-11-19(16)25/h2-5,7-8,10-11,13-14H,6,9,12H2,1H3,(H,23,24). The summed E-state index contributed by atoms with van der Waals surface area (Å²) in [6, 6.07) is 16.0. The minimum absolute atomic E-state index is 0.105. The third kappa shape index (κ3) is 3.16. The van der Waals surface area contributed by atoms with Gasteiger partial charge in [-0.05, 0) is 43.0 Å². The maximum absolute atomic E-state index is 12.9. The van der Waals surface area contributed by atoms with Gasteiger partial charge in [0.15, 0.2) is 0 Å². The van der Waals surface area contributed by atoms with Crippen LogP contribution in [0.5, 0.6) is 0 Å². The molecule has 0 atom stereocenters. The Balaban J connectivity index is 1.54. The summed E-state index contributed by atoms with van der Waals surface area (Å²) in [5.41, 5.74) is 4.65. The molecular weight excluding hydrogens is 324 g/mol. The quantitative estimate of drug-likeness (QED) is 0.776. The molecule has 0 radical (unpaired) electrons. The summed E-state index contributed by atoms with van der Waals surface area (Å²) in [5, 5.41) is 3.23. The molecule has 0 unspecified atom stereocenters. The van der Waals surface area contributed by atoms with Crippen LogP contribution in [-0.4, -0.2) is 22.4 Å². The van der Waals surface area contributed by atoms with Gasteiger partial charge in [0, 0.05) is 17.9 Å². The first-order valence-electron chi connectivity index (χ1n) is 8.77. The number of amides is 1. The second kappa shape index (κ2) is 6.96. The molecule has 2 aromatic carbocycles. The Morgan fingerprint density at radius 3 is 2.65 bits per heavy atom. The van der Waals surface area contributed by atoms with Crippen molar-refractivity contribution in [2.24, 2.45) is 0 Å². The monoisotopic (exact) mass is 344 g/mol. The van der Waals surface area contributed by atoms with E-state index in [1.807, 2.05) is 49.4 Å². The summed E-state index contributed by atoms with van der Waals surface area (Å²) in [7, 11) is 0. The molecule has 0 fully saturated rings. The van der Waals surface area contributed by atoms with E-state index in [1.165, 1.54) is 5.56 Å². The van der Waals surface area contributed by atoms with E-state index in [0.29, 0.717) is 18.1 Å². The molecule has 4 rings (SSSR count). The van der Waals surface area contributed by atoms with Crippen molar-refractivity contribution >= 4 is 23.1 Å². The van der Waals surface area contributed by atoms with Crippen molar-refractivity contribution in [3.05, 3.63) is 77.7 Å². The van der Waals surface area contributed by atoms with E-state index >= 15 is 0 Å². The van der Waals surface area contributed by atoms with Gasteiger partial charge in [0.2, 0.25) is 0 Å². The minimum Gasteiger partial charge on any atom is -0.339 e. The van der Waals surface area contributed by atoms with Gasteiger partial charge in [0.1, 0.15) is 11.5 Å². The molecular formula is C21H20N4O. The number of anilines is 3. The molecule has 0 saturated heterocycles. The van der Waals surface area contributed by atoms with Crippen LogP contribution in [0, 0.1) is 6.92 Å². The number of rotatable bonds is 3. The lowest BCUT2D eigenvalue weighted by Gasteiger charge is -2.29. The van der Waals surface area contributed by atoms with Crippen LogP contribution in [0.1, 0.15) is 28.0 Å². The van der Waals surface area contributed by atoms with Crippen LogP contribution in [0.25, 0.3) is 0 Å². The van der Waals surface area contributed by atoms with Gasteiger partial charge in [-0.25, -0.2) is 9.97 Å². The SMILES string of the molecule is Cc1ccccc1Nc1cnc(C(=O)N2CCCc3ccccc32)cn1. The number of aromatic nitrogens is 2.